The Bertz CT molecular complexity index is 424. The van der Waals surface area contributed by atoms with Crippen LogP contribution in [0.1, 0.15) is 19.3 Å². The number of amides is 2. The van der Waals surface area contributed by atoms with Crippen LogP contribution in [0.4, 0.5) is 0 Å². The van der Waals surface area contributed by atoms with Crippen molar-refractivity contribution in [1.29, 1.82) is 0 Å². The number of carbonyl (C=O) groups excluding carboxylic acids is 2. The number of nitrogens with zero attached hydrogens (tertiary/aromatic N) is 1. The molecule has 0 aliphatic carbocycles. The van der Waals surface area contributed by atoms with Gasteiger partial charge in [-0.25, -0.2) is 0 Å². The molecule has 0 bridgehead atoms. The van der Waals surface area contributed by atoms with Crippen molar-refractivity contribution in [2.45, 2.75) is 19.3 Å². The number of ether oxygens (including phenoxy) is 2. The molecule has 3 aliphatic rings. The largest absolute Gasteiger partial charge is 0.494 e. The molecule has 0 unspecified atom stereocenters. The third-order valence-electron chi connectivity index (χ3n) is 4.17. The van der Waals surface area contributed by atoms with Crippen molar-refractivity contribution in [2.24, 2.45) is 5.41 Å². The molecule has 1 N–H and O–H groups in total. The van der Waals surface area contributed by atoms with E-state index in [1.807, 2.05) is 0 Å². The molecular formula is C13H18N2O4. The second kappa shape index (κ2) is 4.75. The summed E-state index contributed by atoms with van der Waals surface area (Å²) in [6.45, 7) is 3.01. The van der Waals surface area contributed by atoms with Crippen molar-refractivity contribution in [2.75, 3.05) is 32.8 Å². The highest BCUT2D eigenvalue weighted by molar-refractivity contribution is 5.91. The highest BCUT2D eigenvalue weighted by Gasteiger charge is 2.42. The maximum atomic E-state index is 12.2. The molecule has 3 rings (SSSR count). The Morgan fingerprint density at radius 1 is 1.32 bits per heavy atom. The predicted octanol–water partition coefficient (Wildman–Crippen LogP) is 0.00330. The van der Waals surface area contributed by atoms with E-state index < -0.39 is 0 Å². The molecule has 2 saturated heterocycles. The number of hydrogen-bond acceptors (Lipinski definition) is 4. The van der Waals surface area contributed by atoms with Crippen LogP contribution in [0.3, 0.4) is 0 Å². The van der Waals surface area contributed by atoms with Gasteiger partial charge in [-0.15, -0.1) is 0 Å². The van der Waals surface area contributed by atoms with E-state index in [1.165, 1.54) is 6.26 Å². The van der Waals surface area contributed by atoms with Gasteiger partial charge in [0.2, 0.25) is 11.7 Å². The summed E-state index contributed by atoms with van der Waals surface area (Å²) in [7, 11) is 0. The molecule has 0 aromatic heterocycles. The van der Waals surface area contributed by atoms with Crippen LogP contribution in [0.25, 0.3) is 0 Å². The molecule has 6 nitrogen and oxygen atoms in total. The Balaban J connectivity index is 1.59. The van der Waals surface area contributed by atoms with E-state index in [9.17, 15) is 9.59 Å². The van der Waals surface area contributed by atoms with Crippen molar-refractivity contribution in [1.82, 2.24) is 10.2 Å². The van der Waals surface area contributed by atoms with Crippen molar-refractivity contribution >= 4 is 11.8 Å². The van der Waals surface area contributed by atoms with Crippen molar-refractivity contribution in [3.63, 3.8) is 0 Å². The van der Waals surface area contributed by atoms with Crippen molar-refractivity contribution in [3.8, 4) is 0 Å². The Morgan fingerprint density at radius 2 is 2.11 bits per heavy atom. The van der Waals surface area contributed by atoms with Gasteiger partial charge in [0.1, 0.15) is 19.5 Å². The monoisotopic (exact) mass is 266 g/mol. The average molecular weight is 266 g/mol. The van der Waals surface area contributed by atoms with Gasteiger partial charge in [-0.1, -0.05) is 0 Å². The molecule has 2 fully saturated rings. The zero-order chi connectivity index (χ0) is 13.3. The lowest BCUT2D eigenvalue weighted by atomic mass is 9.77. The first kappa shape index (κ1) is 12.3. The Hall–Kier alpha value is -1.72. The van der Waals surface area contributed by atoms with Crippen LogP contribution < -0.4 is 5.32 Å². The highest BCUT2D eigenvalue weighted by atomic mass is 16.6. The van der Waals surface area contributed by atoms with Crippen LogP contribution >= 0.6 is 0 Å². The van der Waals surface area contributed by atoms with E-state index in [0.717, 1.165) is 19.4 Å². The Kier molecular flexibility index (Phi) is 3.08. The minimum absolute atomic E-state index is 0.0617. The molecule has 0 saturated carbocycles. The summed E-state index contributed by atoms with van der Waals surface area (Å²) in [4.78, 5) is 25.3. The minimum Gasteiger partial charge on any atom is -0.494 e. The lowest BCUT2D eigenvalue weighted by Crippen LogP contribution is -2.45. The van der Waals surface area contributed by atoms with Gasteiger partial charge < -0.3 is 19.7 Å². The third kappa shape index (κ3) is 2.39. The quantitative estimate of drug-likeness (QED) is 0.725. The maximum Gasteiger partial charge on any atom is 0.292 e. The smallest absolute Gasteiger partial charge is 0.292 e. The fraction of sp³-hybridized carbons (Fsp3) is 0.692. The van der Waals surface area contributed by atoms with E-state index in [-0.39, 0.29) is 17.2 Å². The van der Waals surface area contributed by atoms with Gasteiger partial charge in [0.15, 0.2) is 0 Å². The number of piperidine rings is 1. The number of hydrogen-bond donors (Lipinski definition) is 1. The van der Waals surface area contributed by atoms with Crippen LogP contribution in [0.2, 0.25) is 0 Å². The molecule has 2 amide bonds. The van der Waals surface area contributed by atoms with E-state index in [2.05, 4.69) is 5.32 Å². The van der Waals surface area contributed by atoms with Crippen LogP contribution in [0, 0.1) is 5.41 Å². The SMILES string of the molecule is O=C1CC2(CCN(C(=O)C3=COCCO3)CC2)CN1. The van der Waals surface area contributed by atoms with Crippen molar-refractivity contribution in [3.05, 3.63) is 12.0 Å². The number of nitrogens with one attached hydrogen (secondary N) is 1. The zero-order valence-electron chi connectivity index (χ0n) is 10.8. The Morgan fingerprint density at radius 3 is 2.68 bits per heavy atom. The van der Waals surface area contributed by atoms with E-state index in [4.69, 9.17) is 9.47 Å². The van der Waals surface area contributed by atoms with E-state index >= 15 is 0 Å². The van der Waals surface area contributed by atoms with Gasteiger partial charge in [0, 0.05) is 26.1 Å². The molecule has 104 valence electrons. The lowest BCUT2D eigenvalue weighted by Gasteiger charge is -2.38. The van der Waals surface area contributed by atoms with Crippen LogP contribution in [-0.2, 0) is 19.1 Å². The summed E-state index contributed by atoms with van der Waals surface area (Å²) in [5, 5.41) is 2.89. The third-order valence-corrected chi connectivity index (χ3v) is 4.17. The number of carbonyl (C=O) groups is 2. The molecule has 6 heteroatoms. The summed E-state index contributed by atoms with van der Waals surface area (Å²) >= 11 is 0. The average Bonchev–Trinajstić information content (AvgIpc) is 2.81. The second-order valence-corrected chi connectivity index (χ2v) is 5.45. The first-order chi connectivity index (χ1) is 9.19. The summed E-state index contributed by atoms with van der Waals surface area (Å²) in [6, 6.07) is 0. The number of rotatable bonds is 1. The molecule has 3 aliphatic heterocycles. The first-order valence-corrected chi connectivity index (χ1v) is 6.69. The lowest BCUT2D eigenvalue weighted by molar-refractivity contribution is -0.134. The summed E-state index contributed by atoms with van der Waals surface area (Å²) in [6.07, 6.45) is 3.73. The summed E-state index contributed by atoms with van der Waals surface area (Å²) < 4.78 is 10.4. The molecule has 1 spiro atoms. The Labute approximate surface area is 111 Å². The fourth-order valence-electron chi connectivity index (χ4n) is 2.93. The van der Waals surface area contributed by atoms with Gasteiger partial charge >= 0.3 is 0 Å². The molecule has 0 aromatic rings. The van der Waals surface area contributed by atoms with Crippen LogP contribution in [0.15, 0.2) is 12.0 Å². The molecular weight excluding hydrogens is 248 g/mol. The van der Waals surface area contributed by atoms with Gasteiger partial charge in [-0.3, -0.25) is 9.59 Å². The highest BCUT2D eigenvalue weighted by Crippen LogP contribution is 2.37. The maximum absolute atomic E-state index is 12.2. The fourth-order valence-corrected chi connectivity index (χ4v) is 2.93. The zero-order valence-corrected chi connectivity index (χ0v) is 10.8. The molecule has 0 radical (unpaired) electrons. The first-order valence-electron chi connectivity index (χ1n) is 6.69. The molecule has 0 atom stereocenters. The summed E-state index contributed by atoms with van der Waals surface area (Å²) in [5.41, 5.74) is 0.0617. The van der Waals surface area contributed by atoms with E-state index in [0.29, 0.717) is 38.5 Å². The predicted molar refractivity (Wildman–Crippen MR) is 65.9 cm³/mol. The summed E-state index contributed by atoms with van der Waals surface area (Å²) in [5.74, 6) is 0.321. The van der Waals surface area contributed by atoms with Crippen molar-refractivity contribution < 1.29 is 19.1 Å². The van der Waals surface area contributed by atoms with Gasteiger partial charge in [-0.2, -0.15) is 0 Å². The number of likely N-dealkylation sites (tertiary alicyclic amines) is 1. The second-order valence-electron chi connectivity index (χ2n) is 5.45. The van der Waals surface area contributed by atoms with Gasteiger partial charge in [0.05, 0.1) is 0 Å². The molecule has 0 aromatic carbocycles. The topological polar surface area (TPSA) is 67.9 Å². The van der Waals surface area contributed by atoms with Crippen LogP contribution in [-0.4, -0.2) is 49.6 Å². The molecule has 19 heavy (non-hydrogen) atoms. The minimum atomic E-state index is -0.105. The van der Waals surface area contributed by atoms with Gasteiger partial charge in [-0.05, 0) is 18.3 Å². The van der Waals surface area contributed by atoms with Gasteiger partial charge in [0.25, 0.3) is 5.91 Å². The van der Waals surface area contributed by atoms with E-state index in [1.54, 1.807) is 4.90 Å². The normalized spacial score (nSPS) is 25.4. The standard InChI is InChI=1S/C13H18N2O4/c16-11-7-13(9-14-11)1-3-15(4-2-13)12(17)10-8-18-5-6-19-10/h8H,1-7,9H2,(H,14,16). The van der Waals surface area contributed by atoms with Crippen LogP contribution in [0.5, 0.6) is 0 Å². The molecule has 3 heterocycles.